The van der Waals surface area contributed by atoms with Gasteiger partial charge in [0.25, 0.3) is 0 Å². The molecule has 0 spiro atoms. The summed E-state index contributed by atoms with van der Waals surface area (Å²) in [5, 5.41) is 0. The highest BCUT2D eigenvalue weighted by atomic mass is 79.9. The number of nitrogens with one attached hydrogen (secondary N) is 1. The van der Waals surface area contributed by atoms with Crippen molar-refractivity contribution in [2.45, 2.75) is 32.7 Å². The summed E-state index contributed by atoms with van der Waals surface area (Å²) in [5.41, 5.74) is 4.18. The molecule has 86 valence electrons. The summed E-state index contributed by atoms with van der Waals surface area (Å²) in [4.78, 5) is 0. The van der Waals surface area contributed by atoms with Gasteiger partial charge in [0.2, 0.25) is 0 Å². The van der Waals surface area contributed by atoms with E-state index in [2.05, 4.69) is 57.2 Å². The number of hydrogen-bond acceptors (Lipinski definition) is 3. The molecule has 1 unspecified atom stereocenters. The van der Waals surface area contributed by atoms with Gasteiger partial charge in [0, 0.05) is 0 Å². The molecule has 0 bridgehead atoms. The standard InChI is InChI=1S/C10H16Br2N2S/c1-3-6(4-2)9(14-13)7-5-8(11)15-10(7)12/h5-6,9,14H,3-4,13H2,1-2H3. The van der Waals surface area contributed by atoms with E-state index in [0.29, 0.717) is 5.92 Å². The molecule has 1 heterocycles. The molecule has 0 saturated heterocycles. The molecule has 0 aliphatic rings. The van der Waals surface area contributed by atoms with E-state index in [1.165, 1.54) is 5.56 Å². The smallest absolute Gasteiger partial charge is 0.0758 e. The first-order chi connectivity index (χ1) is 7.13. The summed E-state index contributed by atoms with van der Waals surface area (Å²) >= 11 is 8.76. The molecule has 0 aliphatic carbocycles. The monoisotopic (exact) mass is 354 g/mol. The lowest BCUT2D eigenvalue weighted by atomic mass is 9.91. The van der Waals surface area contributed by atoms with Gasteiger partial charge in [-0.25, -0.2) is 0 Å². The van der Waals surface area contributed by atoms with E-state index in [9.17, 15) is 0 Å². The summed E-state index contributed by atoms with van der Waals surface area (Å²) in [7, 11) is 0. The summed E-state index contributed by atoms with van der Waals surface area (Å²) in [5.74, 6) is 6.23. The van der Waals surface area contributed by atoms with Gasteiger partial charge in [-0.3, -0.25) is 11.3 Å². The van der Waals surface area contributed by atoms with E-state index in [1.54, 1.807) is 11.3 Å². The summed E-state index contributed by atoms with van der Waals surface area (Å²) in [6.45, 7) is 4.40. The lowest BCUT2D eigenvalue weighted by Gasteiger charge is -2.24. The second kappa shape index (κ2) is 6.35. The minimum absolute atomic E-state index is 0.233. The van der Waals surface area contributed by atoms with Gasteiger partial charge in [-0.2, -0.15) is 0 Å². The zero-order valence-corrected chi connectivity index (χ0v) is 12.9. The summed E-state index contributed by atoms with van der Waals surface area (Å²) in [6, 6.07) is 2.37. The molecule has 15 heavy (non-hydrogen) atoms. The van der Waals surface area contributed by atoms with Crippen molar-refractivity contribution in [1.82, 2.24) is 5.43 Å². The average molecular weight is 356 g/mol. The van der Waals surface area contributed by atoms with Crippen molar-refractivity contribution in [3.8, 4) is 0 Å². The van der Waals surface area contributed by atoms with E-state index in [1.807, 2.05) is 0 Å². The fraction of sp³-hybridized carbons (Fsp3) is 0.600. The minimum Gasteiger partial charge on any atom is -0.271 e. The summed E-state index contributed by atoms with van der Waals surface area (Å²) < 4.78 is 2.29. The highest BCUT2D eigenvalue weighted by molar-refractivity contribution is 9.12. The van der Waals surface area contributed by atoms with E-state index in [-0.39, 0.29) is 6.04 Å². The van der Waals surface area contributed by atoms with Gasteiger partial charge in [0.15, 0.2) is 0 Å². The van der Waals surface area contributed by atoms with E-state index < -0.39 is 0 Å². The molecule has 5 heteroatoms. The molecule has 1 aromatic heterocycles. The molecule has 0 saturated carbocycles. The van der Waals surface area contributed by atoms with E-state index in [0.717, 1.165) is 20.4 Å². The van der Waals surface area contributed by atoms with Crippen molar-refractivity contribution in [3.63, 3.8) is 0 Å². The average Bonchev–Trinajstić information content (AvgIpc) is 2.54. The van der Waals surface area contributed by atoms with Crippen LogP contribution in [-0.4, -0.2) is 0 Å². The molecular weight excluding hydrogens is 340 g/mol. The fourth-order valence-corrected chi connectivity index (χ4v) is 4.73. The Hall–Kier alpha value is 0.580. The Morgan fingerprint density at radius 1 is 1.40 bits per heavy atom. The highest BCUT2D eigenvalue weighted by Crippen LogP contribution is 2.39. The van der Waals surface area contributed by atoms with Crippen molar-refractivity contribution in [1.29, 1.82) is 0 Å². The normalized spacial score (nSPS) is 13.5. The fourth-order valence-electron chi connectivity index (χ4n) is 1.80. The predicted octanol–water partition coefficient (Wildman–Crippen LogP) is 4.21. The molecule has 1 rings (SSSR count). The van der Waals surface area contributed by atoms with Crippen LogP contribution in [-0.2, 0) is 0 Å². The Kier molecular flexibility index (Phi) is 5.77. The molecular formula is C10H16Br2N2S. The maximum Gasteiger partial charge on any atom is 0.0758 e. The molecule has 0 aromatic carbocycles. The van der Waals surface area contributed by atoms with Crippen LogP contribution >= 0.6 is 43.2 Å². The Balaban J connectivity index is 2.95. The second-order valence-corrected chi connectivity index (χ2v) is 7.25. The van der Waals surface area contributed by atoms with E-state index in [4.69, 9.17) is 5.84 Å². The first-order valence-corrected chi connectivity index (χ1v) is 7.45. The Morgan fingerprint density at radius 2 is 2.00 bits per heavy atom. The lowest BCUT2D eigenvalue weighted by molar-refractivity contribution is 0.345. The largest absolute Gasteiger partial charge is 0.271 e. The number of hydrogen-bond donors (Lipinski definition) is 2. The van der Waals surface area contributed by atoms with Crippen LogP contribution in [0.5, 0.6) is 0 Å². The maximum absolute atomic E-state index is 5.65. The molecule has 3 N–H and O–H groups in total. The van der Waals surface area contributed by atoms with Crippen molar-refractivity contribution in [2.75, 3.05) is 0 Å². The van der Waals surface area contributed by atoms with Crippen LogP contribution in [0.4, 0.5) is 0 Å². The maximum atomic E-state index is 5.65. The van der Waals surface area contributed by atoms with Gasteiger partial charge in [-0.15, -0.1) is 11.3 Å². The molecule has 1 atom stereocenters. The number of nitrogens with two attached hydrogens (primary N) is 1. The Bertz CT molecular complexity index is 310. The second-order valence-electron chi connectivity index (χ2n) is 3.50. The quantitative estimate of drug-likeness (QED) is 0.613. The number of thiophene rings is 1. The van der Waals surface area contributed by atoms with Gasteiger partial charge in [0.1, 0.15) is 0 Å². The van der Waals surface area contributed by atoms with Crippen molar-refractivity contribution < 1.29 is 0 Å². The number of halogens is 2. The molecule has 0 aliphatic heterocycles. The molecule has 0 fully saturated rings. The molecule has 1 aromatic rings. The number of rotatable bonds is 5. The summed E-state index contributed by atoms with van der Waals surface area (Å²) in [6.07, 6.45) is 2.26. The zero-order valence-electron chi connectivity index (χ0n) is 8.89. The van der Waals surface area contributed by atoms with Crippen LogP contribution in [0.2, 0.25) is 0 Å². The van der Waals surface area contributed by atoms with Crippen molar-refractivity contribution in [3.05, 3.63) is 19.2 Å². The Morgan fingerprint density at radius 3 is 2.33 bits per heavy atom. The van der Waals surface area contributed by atoms with Crippen LogP contribution in [0, 0.1) is 5.92 Å². The topological polar surface area (TPSA) is 38.0 Å². The van der Waals surface area contributed by atoms with Crippen LogP contribution in [0.3, 0.4) is 0 Å². The van der Waals surface area contributed by atoms with Crippen LogP contribution in [0.1, 0.15) is 38.3 Å². The van der Waals surface area contributed by atoms with Gasteiger partial charge in [0.05, 0.1) is 13.6 Å². The third-order valence-corrected chi connectivity index (χ3v) is 5.10. The first kappa shape index (κ1) is 13.6. The molecule has 2 nitrogen and oxygen atoms in total. The SMILES string of the molecule is CCC(CC)C(NN)c1cc(Br)sc1Br. The minimum atomic E-state index is 0.233. The van der Waals surface area contributed by atoms with Crippen molar-refractivity contribution in [2.24, 2.45) is 11.8 Å². The van der Waals surface area contributed by atoms with Gasteiger partial charge < -0.3 is 0 Å². The molecule has 0 radical (unpaired) electrons. The number of hydrazine groups is 1. The van der Waals surface area contributed by atoms with Crippen LogP contribution in [0.15, 0.2) is 13.6 Å². The van der Waals surface area contributed by atoms with Crippen LogP contribution < -0.4 is 11.3 Å². The van der Waals surface area contributed by atoms with E-state index >= 15 is 0 Å². The Labute approximate surface area is 112 Å². The van der Waals surface area contributed by atoms with Gasteiger partial charge >= 0.3 is 0 Å². The highest BCUT2D eigenvalue weighted by Gasteiger charge is 2.22. The third-order valence-electron chi connectivity index (χ3n) is 2.72. The van der Waals surface area contributed by atoms with Gasteiger partial charge in [-0.05, 0) is 49.4 Å². The third kappa shape index (κ3) is 3.27. The lowest BCUT2D eigenvalue weighted by Crippen LogP contribution is -2.33. The first-order valence-electron chi connectivity index (χ1n) is 5.04. The molecule has 0 amide bonds. The van der Waals surface area contributed by atoms with Crippen molar-refractivity contribution >= 4 is 43.2 Å². The van der Waals surface area contributed by atoms with Crippen LogP contribution in [0.25, 0.3) is 0 Å². The van der Waals surface area contributed by atoms with Gasteiger partial charge in [-0.1, -0.05) is 26.7 Å². The zero-order chi connectivity index (χ0) is 11.4. The predicted molar refractivity (Wildman–Crippen MR) is 73.9 cm³/mol.